The summed E-state index contributed by atoms with van der Waals surface area (Å²) in [4.78, 5) is 0. The molecule has 0 fully saturated rings. The van der Waals surface area contributed by atoms with Crippen molar-refractivity contribution in [3.05, 3.63) is 177 Å². The molecule has 6 heteroatoms. The van der Waals surface area contributed by atoms with Crippen molar-refractivity contribution in [2.45, 2.75) is 67.5 Å². The molecule has 0 saturated heterocycles. The first-order valence-electron chi connectivity index (χ1n) is 20.6. The molecule has 0 spiro atoms. The molecule has 0 aliphatic heterocycles. The Hall–Kier alpha value is -5.42. The highest BCUT2D eigenvalue weighted by Gasteiger charge is 2.19. The maximum Gasteiger partial charge on any atom is 0.119 e. The van der Waals surface area contributed by atoms with Crippen LogP contribution in [0.25, 0.3) is 44.1 Å². The van der Waals surface area contributed by atoms with Crippen molar-refractivity contribution < 1.29 is 9.84 Å². The minimum Gasteiger partial charge on any atom is -0.508 e. The quantitative estimate of drug-likeness (QED) is 0.141. The Morgan fingerprint density at radius 1 is 0.542 bits per heavy atom. The number of aromatic nitrogens is 2. The zero-order valence-electron chi connectivity index (χ0n) is 35.2. The van der Waals surface area contributed by atoms with Crippen molar-refractivity contribution >= 4 is 45.0 Å². The number of halogens is 2. The molecule has 8 aromatic rings. The Kier molecular flexibility index (Phi) is 12.9. The lowest BCUT2D eigenvalue weighted by molar-refractivity contribution is 0.415. The second-order valence-electron chi connectivity index (χ2n) is 16.5. The summed E-state index contributed by atoms with van der Waals surface area (Å²) in [6, 6.07) is 45.8. The smallest absolute Gasteiger partial charge is 0.119 e. The molecule has 1 N–H and O–H groups in total. The van der Waals surface area contributed by atoms with E-state index in [0.29, 0.717) is 18.4 Å². The van der Waals surface area contributed by atoms with Gasteiger partial charge in [0, 0.05) is 67.5 Å². The second kappa shape index (κ2) is 18.2. The molecule has 2 aromatic heterocycles. The van der Waals surface area contributed by atoms with Gasteiger partial charge in [0.05, 0.1) is 7.11 Å². The fourth-order valence-corrected chi connectivity index (χ4v) is 8.74. The van der Waals surface area contributed by atoms with Gasteiger partial charge in [0.1, 0.15) is 11.5 Å². The number of aromatic hydroxyl groups is 1. The van der Waals surface area contributed by atoms with E-state index in [0.717, 1.165) is 57.2 Å². The predicted octanol–water partition coefficient (Wildman–Crippen LogP) is 14.7. The van der Waals surface area contributed by atoms with Crippen LogP contribution in [0, 0.1) is 25.7 Å². The number of hydrogen-bond acceptors (Lipinski definition) is 2. The third-order valence-corrected chi connectivity index (χ3v) is 11.9. The topological polar surface area (TPSA) is 39.3 Å². The van der Waals surface area contributed by atoms with Crippen LogP contribution in [0.15, 0.2) is 133 Å². The standard InChI is InChI=1S/C27H28ClNO.C26H26ClNO/c1-18(2)15-20-9-11-21(12-10-20)27-19(3)29(17-22-7-5-6-8-25(22)28)26-14-13-23(30-4)16-24(26)27;1-17(2)14-19-8-10-20(11-9-19)26-18(3)28(16-21-6-4-5-7-24(21)27)25-13-12-22(29)15-23(25)26/h5-14,16,18H,15,17H2,1-4H3;4-13,15,17,29H,14,16H2,1-3H3. The summed E-state index contributed by atoms with van der Waals surface area (Å²) in [6.07, 6.45) is 2.18. The highest BCUT2D eigenvalue weighted by molar-refractivity contribution is 6.31. The van der Waals surface area contributed by atoms with E-state index in [1.165, 1.54) is 55.7 Å². The van der Waals surface area contributed by atoms with E-state index in [9.17, 15) is 5.11 Å². The van der Waals surface area contributed by atoms with Gasteiger partial charge in [-0.2, -0.15) is 0 Å². The van der Waals surface area contributed by atoms with E-state index in [1.54, 1.807) is 13.2 Å². The number of phenolic OH excluding ortho intramolecular Hbond substituents is 1. The molecule has 8 rings (SSSR count). The lowest BCUT2D eigenvalue weighted by atomic mass is 9.97. The minimum atomic E-state index is 0.282. The molecule has 4 nitrogen and oxygen atoms in total. The lowest BCUT2D eigenvalue weighted by Gasteiger charge is -2.11. The van der Waals surface area contributed by atoms with Gasteiger partial charge >= 0.3 is 0 Å². The molecule has 302 valence electrons. The molecule has 0 atom stereocenters. The molecule has 0 saturated carbocycles. The number of phenols is 1. The van der Waals surface area contributed by atoms with Gasteiger partial charge in [0.15, 0.2) is 0 Å². The molecule has 0 unspecified atom stereocenters. The van der Waals surface area contributed by atoms with Crippen LogP contribution >= 0.6 is 23.2 Å². The number of ether oxygens (including phenoxy) is 1. The molecule has 0 amide bonds. The van der Waals surface area contributed by atoms with Crippen LogP contribution in [0.1, 0.15) is 61.3 Å². The zero-order valence-corrected chi connectivity index (χ0v) is 36.7. The van der Waals surface area contributed by atoms with Crippen LogP contribution in [0.2, 0.25) is 10.0 Å². The maximum absolute atomic E-state index is 10.1. The summed E-state index contributed by atoms with van der Waals surface area (Å²) in [5.74, 6) is 2.44. The number of fused-ring (bicyclic) bond motifs is 2. The Bertz CT molecular complexity index is 2700. The van der Waals surface area contributed by atoms with Gasteiger partial charge in [-0.1, -0.05) is 136 Å². The van der Waals surface area contributed by atoms with Crippen molar-refractivity contribution in [2.75, 3.05) is 7.11 Å². The van der Waals surface area contributed by atoms with Crippen molar-refractivity contribution in [1.82, 2.24) is 9.13 Å². The highest BCUT2D eigenvalue weighted by Crippen LogP contribution is 2.39. The predicted molar refractivity (Wildman–Crippen MR) is 251 cm³/mol. The van der Waals surface area contributed by atoms with Crippen molar-refractivity contribution in [2.24, 2.45) is 11.8 Å². The summed E-state index contributed by atoms with van der Waals surface area (Å²) in [5, 5.41) is 14.0. The van der Waals surface area contributed by atoms with Crippen LogP contribution in [0.3, 0.4) is 0 Å². The van der Waals surface area contributed by atoms with E-state index >= 15 is 0 Å². The largest absolute Gasteiger partial charge is 0.508 e. The van der Waals surface area contributed by atoms with Crippen LogP contribution in [0.5, 0.6) is 11.5 Å². The average Bonchev–Trinajstić information content (AvgIpc) is 3.64. The maximum atomic E-state index is 10.1. The summed E-state index contributed by atoms with van der Waals surface area (Å²) >= 11 is 12.9. The molecule has 6 aromatic carbocycles. The van der Waals surface area contributed by atoms with Gasteiger partial charge in [-0.3, -0.25) is 0 Å². The number of methoxy groups -OCH3 is 1. The first kappa shape index (κ1) is 41.7. The summed E-state index contributed by atoms with van der Waals surface area (Å²) in [5.41, 5.74) is 14.4. The Balaban J connectivity index is 0.000000179. The van der Waals surface area contributed by atoms with Gasteiger partial charge < -0.3 is 19.0 Å². The molecule has 59 heavy (non-hydrogen) atoms. The monoisotopic (exact) mass is 820 g/mol. The van der Waals surface area contributed by atoms with Crippen LogP contribution in [-0.2, 0) is 25.9 Å². The van der Waals surface area contributed by atoms with Crippen molar-refractivity contribution in [1.29, 1.82) is 0 Å². The Labute approximate surface area is 359 Å². The Morgan fingerprint density at radius 2 is 0.966 bits per heavy atom. The van der Waals surface area contributed by atoms with E-state index in [1.807, 2.05) is 54.6 Å². The van der Waals surface area contributed by atoms with Gasteiger partial charge in [0.2, 0.25) is 0 Å². The molecule has 0 bridgehead atoms. The molecule has 0 radical (unpaired) electrons. The number of nitrogens with zero attached hydrogens (tertiary/aromatic N) is 2. The fraction of sp³-hybridized carbons (Fsp3) is 0.245. The summed E-state index contributed by atoms with van der Waals surface area (Å²) in [7, 11) is 1.72. The normalized spacial score (nSPS) is 11.4. The second-order valence-corrected chi connectivity index (χ2v) is 17.3. The number of benzene rings is 6. The first-order chi connectivity index (χ1) is 28.4. The van der Waals surface area contributed by atoms with Gasteiger partial charge in [-0.25, -0.2) is 0 Å². The van der Waals surface area contributed by atoms with E-state index in [4.69, 9.17) is 27.9 Å². The van der Waals surface area contributed by atoms with E-state index < -0.39 is 0 Å². The van der Waals surface area contributed by atoms with Crippen LogP contribution < -0.4 is 4.74 Å². The van der Waals surface area contributed by atoms with Crippen LogP contribution in [-0.4, -0.2) is 21.4 Å². The molecule has 2 heterocycles. The van der Waals surface area contributed by atoms with E-state index in [-0.39, 0.29) is 5.75 Å². The van der Waals surface area contributed by atoms with E-state index in [2.05, 4.69) is 123 Å². The minimum absolute atomic E-state index is 0.282. The molecular weight excluding hydrogens is 768 g/mol. The number of rotatable bonds is 11. The Morgan fingerprint density at radius 3 is 1.39 bits per heavy atom. The summed E-state index contributed by atoms with van der Waals surface area (Å²) < 4.78 is 10.2. The van der Waals surface area contributed by atoms with Gasteiger partial charge in [-0.05, 0) is 120 Å². The highest BCUT2D eigenvalue weighted by atomic mass is 35.5. The van der Waals surface area contributed by atoms with Crippen molar-refractivity contribution in [3.8, 4) is 33.8 Å². The SMILES string of the molecule is COc1ccc2c(c1)c(-c1ccc(CC(C)C)cc1)c(C)n2Cc1ccccc1Cl.Cc1c(-c2ccc(CC(C)C)cc2)c2cc(O)ccc2n1Cc1ccccc1Cl. The molecule has 0 aliphatic rings. The lowest BCUT2D eigenvalue weighted by Crippen LogP contribution is -2.02. The third kappa shape index (κ3) is 9.25. The first-order valence-corrected chi connectivity index (χ1v) is 21.3. The third-order valence-electron chi connectivity index (χ3n) is 11.2. The summed E-state index contributed by atoms with van der Waals surface area (Å²) in [6.45, 7) is 14.8. The van der Waals surface area contributed by atoms with Gasteiger partial charge in [0.25, 0.3) is 0 Å². The molecule has 0 aliphatic carbocycles. The van der Waals surface area contributed by atoms with Gasteiger partial charge in [-0.15, -0.1) is 0 Å². The van der Waals surface area contributed by atoms with Crippen LogP contribution in [0.4, 0.5) is 0 Å². The van der Waals surface area contributed by atoms with Crippen molar-refractivity contribution in [3.63, 3.8) is 0 Å². The zero-order chi connectivity index (χ0) is 41.8. The molecular formula is C53H54Cl2N2O2. The fourth-order valence-electron chi connectivity index (χ4n) is 8.35. The average molecular weight is 822 g/mol. The number of hydrogen-bond donors (Lipinski definition) is 1.